The second-order valence-electron chi connectivity index (χ2n) is 4.75. The van der Waals surface area contributed by atoms with Gasteiger partial charge in [-0.25, -0.2) is 0 Å². The first kappa shape index (κ1) is 15.2. The van der Waals surface area contributed by atoms with E-state index in [1.54, 1.807) is 19.9 Å². The van der Waals surface area contributed by atoms with Crippen molar-refractivity contribution in [2.45, 2.75) is 26.1 Å². The molecule has 2 aromatic rings. The van der Waals surface area contributed by atoms with Crippen LogP contribution in [0.2, 0.25) is 0 Å². The quantitative estimate of drug-likeness (QED) is 0.927. The highest BCUT2D eigenvalue weighted by Gasteiger charge is 2.30. The molecule has 0 fully saturated rings. The van der Waals surface area contributed by atoms with Crippen LogP contribution < -0.4 is 5.32 Å². The Labute approximate surface area is 119 Å². The van der Waals surface area contributed by atoms with Gasteiger partial charge in [0.2, 0.25) is 0 Å². The number of alkyl halides is 3. The Morgan fingerprint density at radius 1 is 1.19 bits per heavy atom. The lowest BCUT2D eigenvalue weighted by Crippen LogP contribution is -2.26. The number of benzene rings is 1. The Balaban J connectivity index is 2.09. The van der Waals surface area contributed by atoms with E-state index in [9.17, 15) is 18.0 Å². The zero-order valence-electron chi connectivity index (χ0n) is 11.5. The molecule has 0 aliphatic carbocycles. The third kappa shape index (κ3) is 3.45. The SMILES string of the molecule is Cc1ccoc1C(=O)N[C@@H](C)c1ccc(C(F)(F)F)cc1. The van der Waals surface area contributed by atoms with Crippen LogP contribution in [0, 0.1) is 6.92 Å². The topological polar surface area (TPSA) is 42.2 Å². The van der Waals surface area contributed by atoms with Gasteiger partial charge < -0.3 is 9.73 Å². The monoisotopic (exact) mass is 297 g/mol. The lowest BCUT2D eigenvalue weighted by atomic mass is 10.1. The maximum Gasteiger partial charge on any atom is 0.416 e. The number of carbonyl (C=O) groups is 1. The van der Waals surface area contributed by atoms with Crippen LogP contribution in [-0.4, -0.2) is 5.91 Å². The molecule has 1 aromatic carbocycles. The third-order valence-corrected chi connectivity index (χ3v) is 3.15. The summed E-state index contributed by atoms with van der Waals surface area (Å²) in [6, 6.07) is 5.93. The van der Waals surface area contributed by atoms with Crippen molar-refractivity contribution in [1.29, 1.82) is 0 Å². The molecule has 0 radical (unpaired) electrons. The summed E-state index contributed by atoms with van der Waals surface area (Å²) in [4.78, 5) is 12.0. The van der Waals surface area contributed by atoms with E-state index in [1.807, 2.05) is 0 Å². The number of rotatable bonds is 3. The van der Waals surface area contributed by atoms with Crippen LogP contribution in [0.15, 0.2) is 41.0 Å². The van der Waals surface area contributed by atoms with Crippen LogP contribution >= 0.6 is 0 Å². The number of halogens is 3. The first-order valence-electron chi connectivity index (χ1n) is 6.31. The summed E-state index contributed by atoms with van der Waals surface area (Å²) in [5.74, 6) is -0.196. The van der Waals surface area contributed by atoms with E-state index < -0.39 is 23.7 Å². The van der Waals surface area contributed by atoms with Gasteiger partial charge in [0.15, 0.2) is 5.76 Å². The minimum Gasteiger partial charge on any atom is -0.459 e. The van der Waals surface area contributed by atoms with Crippen LogP contribution in [0.4, 0.5) is 13.2 Å². The number of carbonyl (C=O) groups excluding carboxylic acids is 1. The van der Waals surface area contributed by atoms with Gasteiger partial charge >= 0.3 is 6.18 Å². The standard InChI is InChI=1S/C15H14F3NO2/c1-9-7-8-21-13(9)14(20)19-10(2)11-3-5-12(6-4-11)15(16,17)18/h3-8,10H,1-2H3,(H,19,20)/t10-/m0/s1. The molecule has 1 atom stereocenters. The maximum atomic E-state index is 12.5. The molecule has 1 heterocycles. The molecule has 1 aromatic heterocycles. The molecule has 112 valence electrons. The van der Waals surface area contributed by atoms with Crippen molar-refractivity contribution in [1.82, 2.24) is 5.32 Å². The number of amides is 1. The summed E-state index contributed by atoms with van der Waals surface area (Å²) in [5, 5.41) is 2.68. The van der Waals surface area contributed by atoms with Gasteiger partial charge in [0, 0.05) is 5.56 Å². The van der Waals surface area contributed by atoms with Gasteiger partial charge in [-0.2, -0.15) is 13.2 Å². The van der Waals surface area contributed by atoms with Crippen molar-refractivity contribution < 1.29 is 22.4 Å². The van der Waals surface area contributed by atoms with Crippen molar-refractivity contribution in [3.8, 4) is 0 Å². The second kappa shape index (κ2) is 5.63. The summed E-state index contributed by atoms with van der Waals surface area (Å²) >= 11 is 0. The van der Waals surface area contributed by atoms with Crippen molar-refractivity contribution in [3.63, 3.8) is 0 Å². The van der Waals surface area contributed by atoms with E-state index in [0.29, 0.717) is 11.1 Å². The normalized spacial score (nSPS) is 13.0. The van der Waals surface area contributed by atoms with Gasteiger partial charge in [0.25, 0.3) is 5.91 Å². The Bertz CT molecular complexity index is 629. The molecule has 0 aliphatic rings. The highest BCUT2D eigenvalue weighted by atomic mass is 19.4. The average Bonchev–Trinajstić information content (AvgIpc) is 2.84. The highest BCUT2D eigenvalue weighted by Crippen LogP contribution is 2.29. The zero-order chi connectivity index (χ0) is 15.6. The van der Waals surface area contributed by atoms with E-state index >= 15 is 0 Å². The third-order valence-electron chi connectivity index (χ3n) is 3.15. The predicted octanol–water partition coefficient (Wildman–Crippen LogP) is 4.10. The molecule has 0 aliphatic heterocycles. The van der Waals surface area contributed by atoms with E-state index in [1.165, 1.54) is 18.4 Å². The first-order chi connectivity index (χ1) is 9.79. The predicted molar refractivity (Wildman–Crippen MR) is 70.8 cm³/mol. The average molecular weight is 297 g/mol. The van der Waals surface area contributed by atoms with Crippen molar-refractivity contribution in [2.75, 3.05) is 0 Å². The number of hydrogen-bond donors (Lipinski definition) is 1. The molecule has 0 saturated carbocycles. The van der Waals surface area contributed by atoms with Crippen LogP contribution in [0.25, 0.3) is 0 Å². The number of furan rings is 1. The zero-order valence-corrected chi connectivity index (χ0v) is 11.5. The molecule has 0 saturated heterocycles. The summed E-state index contributed by atoms with van der Waals surface area (Å²) in [6.07, 6.45) is -2.96. The van der Waals surface area contributed by atoms with Crippen molar-refractivity contribution >= 4 is 5.91 Å². The molecule has 0 unspecified atom stereocenters. The van der Waals surface area contributed by atoms with Gasteiger partial charge in [-0.05, 0) is 37.6 Å². The fourth-order valence-electron chi connectivity index (χ4n) is 1.91. The Hall–Kier alpha value is -2.24. The summed E-state index contributed by atoms with van der Waals surface area (Å²) in [7, 11) is 0. The summed E-state index contributed by atoms with van der Waals surface area (Å²) < 4.78 is 42.5. The molecule has 3 nitrogen and oxygen atoms in total. The minimum absolute atomic E-state index is 0.203. The van der Waals surface area contributed by atoms with Gasteiger partial charge in [0.1, 0.15) is 0 Å². The number of nitrogens with one attached hydrogen (secondary N) is 1. The van der Waals surface area contributed by atoms with Gasteiger partial charge in [-0.15, -0.1) is 0 Å². The smallest absolute Gasteiger partial charge is 0.416 e. The van der Waals surface area contributed by atoms with E-state index in [2.05, 4.69) is 5.32 Å². The molecule has 0 spiro atoms. The second-order valence-corrected chi connectivity index (χ2v) is 4.75. The van der Waals surface area contributed by atoms with Crippen LogP contribution in [0.1, 0.15) is 40.2 Å². The fourth-order valence-corrected chi connectivity index (χ4v) is 1.91. The lowest BCUT2D eigenvalue weighted by Gasteiger charge is -2.15. The Morgan fingerprint density at radius 2 is 1.81 bits per heavy atom. The Kier molecular flexibility index (Phi) is 4.06. The van der Waals surface area contributed by atoms with Gasteiger partial charge in [-0.1, -0.05) is 12.1 Å². The van der Waals surface area contributed by atoms with Crippen LogP contribution in [0.5, 0.6) is 0 Å². The molecular formula is C15H14F3NO2. The number of hydrogen-bond acceptors (Lipinski definition) is 2. The summed E-state index contributed by atoms with van der Waals surface area (Å²) in [5.41, 5.74) is 0.569. The van der Waals surface area contributed by atoms with Crippen LogP contribution in [0.3, 0.4) is 0 Å². The van der Waals surface area contributed by atoms with E-state index in [4.69, 9.17) is 4.42 Å². The Morgan fingerprint density at radius 3 is 2.29 bits per heavy atom. The largest absolute Gasteiger partial charge is 0.459 e. The first-order valence-corrected chi connectivity index (χ1v) is 6.31. The molecule has 21 heavy (non-hydrogen) atoms. The van der Waals surface area contributed by atoms with Crippen molar-refractivity contribution in [3.05, 3.63) is 59.0 Å². The van der Waals surface area contributed by atoms with Crippen LogP contribution in [-0.2, 0) is 6.18 Å². The van der Waals surface area contributed by atoms with Gasteiger partial charge in [-0.3, -0.25) is 4.79 Å². The van der Waals surface area contributed by atoms with E-state index in [0.717, 1.165) is 12.1 Å². The maximum absolute atomic E-state index is 12.5. The molecular weight excluding hydrogens is 283 g/mol. The number of aryl methyl sites for hydroxylation is 1. The van der Waals surface area contributed by atoms with Gasteiger partial charge in [0.05, 0.1) is 17.9 Å². The van der Waals surface area contributed by atoms with Crippen molar-refractivity contribution in [2.24, 2.45) is 0 Å². The lowest BCUT2D eigenvalue weighted by molar-refractivity contribution is -0.137. The summed E-state index contributed by atoms with van der Waals surface area (Å²) in [6.45, 7) is 3.43. The molecule has 1 N–H and O–H groups in total. The molecule has 1 amide bonds. The minimum atomic E-state index is -4.36. The van der Waals surface area contributed by atoms with E-state index in [-0.39, 0.29) is 5.76 Å². The molecule has 0 bridgehead atoms. The highest BCUT2D eigenvalue weighted by molar-refractivity contribution is 5.93. The molecule has 2 rings (SSSR count). The molecule has 6 heteroatoms. The fraction of sp³-hybridized carbons (Fsp3) is 0.267.